The molecule has 0 saturated heterocycles. The second kappa shape index (κ2) is 9.14. The number of nitrogens with zero attached hydrogens (tertiary/aromatic N) is 3. The van der Waals surface area contributed by atoms with Crippen LogP contribution in [0.15, 0.2) is 36.5 Å². The number of amides is 1. The Kier molecular flexibility index (Phi) is 6.90. The Bertz CT molecular complexity index is 821. The second-order valence-corrected chi connectivity index (χ2v) is 6.61. The smallest absolute Gasteiger partial charge is 0.339 e. The molecule has 0 fully saturated rings. The number of hydrogen-bond acceptors (Lipinski definition) is 5. The summed E-state index contributed by atoms with van der Waals surface area (Å²) in [5.74, 6) is -0.975. The molecule has 0 bridgehead atoms. The van der Waals surface area contributed by atoms with Crippen molar-refractivity contribution in [3.8, 4) is 0 Å². The highest BCUT2D eigenvalue weighted by atomic mass is 16.4. The molecule has 1 aromatic carbocycles. The van der Waals surface area contributed by atoms with Gasteiger partial charge in [0.25, 0.3) is 5.91 Å². The van der Waals surface area contributed by atoms with Crippen molar-refractivity contribution in [1.29, 1.82) is 0 Å². The number of pyridine rings is 1. The van der Waals surface area contributed by atoms with Gasteiger partial charge in [0, 0.05) is 25.2 Å². The van der Waals surface area contributed by atoms with E-state index < -0.39 is 5.97 Å². The van der Waals surface area contributed by atoms with Crippen molar-refractivity contribution in [3.05, 3.63) is 53.2 Å². The van der Waals surface area contributed by atoms with Crippen LogP contribution < -0.4 is 10.2 Å². The fourth-order valence-electron chi connectivity index (χ4n) is 2.66. The zero-order valence-corrected chi connectivity index (χ0v) is 16.2. The van der Waals surface area contributed by atoms with Crippen molar-refractivity contribution >= 4 is 23.4 Å². The molecule has 144 valence electrons. The maximum Gasteiger partial charge on any atom is 0.339 e. The van der Waals surface area contributed by atoms with Crippen LogP contribution in [0.25, 0.3) is 0 Å². The van der Waals surface area contributed by atoms with E-state index in [0.717, 1.165) is 12.1 Å². The lowest BCUT2D eigenvalue weighted by Crippen LogP contribution is -2.33. The van der Waals surface area contributed by atoms with Crippen molar-refractivity contribution in [2.45, 2.75) is 13.8 Å². The Morgan fingerprint density at radius 3 is 2.52 bits per heavy atom. The van der Waals surface area contributed by atoms with Gasteiger partial charge >= 0.3 is 5.97 Å². The fraction of sp³-hybridized carbons (Fsp3) is 0.350. The molecular formula is C20H26N4O3. The summed E-state index contributed by atoms with van der Waals surface area (Å²) in [5, 5.41) is 12.3. The van der Waals surface area contributed by atoms with Crippen molar-refractivity contribution in [1.82, 2.24) is 9.88 Å². The van der Waals surface area contributed by atoms with Crippen LogP contribution in [0.3, 0.4) is 0 Å². The summed E-state index contributed by atoms with van der Waals surface area (Å²) in [7, 11) is 3.92. The van der Waals surface area contributed by atoms with E-state index in [9.17, 15) is 14.7 Å². The number of benzene rings is 1. The summed E-state index contributed by atoms with van der Waals surface area (Å²) >= 11 is 0. The van der Waals surface area contributed by atoms with E-state index in [2.05, 4.69) is 10.3 Å². The Balaban J connectivity index is 2.26. The van der Waals surface area contributed by atoms with Gasteiger partial charge in [0.1, 0.15) is 11.4 Å². The summed E-state index contributed by atoms with van der Waals surface area (Å²) in [6.45, 7) is 5.93. The van der Waals surface area contributed by atoms with E-state index in [1.54, 1.807) is 18.2 Å². The first-order valence-electron chi connectivity index (χ1n) is 8.82. The molecule has 0 aliphatic rings. The van der Waals surface area contributed by atoms with E-state index in [-0.39, 0.29) is 11.5 Å². The molecule has 7 nitrogen and oxygen atoms in total. The van der Waals surface area contributed by atoms with Crippen LogP contribution >= 0.6 is 0 Å². The van der Waals surface area contributed by atoms with Gasteiger partial charge in [-0.1, -0.05) is 17.7 Å². The third-order valence-electron chi connectivity index (χ3n) is 4.13. The Morgan fingerprint density at radius 1 is 1.19 bits per heavy atom. The molecule has 0 unspecified atom stereocenters. The van der Waals surface area contributed by atoms with Crippen LogP contribution in [-0.4, -0.2) is 60.6 Å². The number of carbonyl (C=O) groups is 2. The standard InChI is InChI=1S/C20H26N4O3/c1-5-24(10-9-23(3)4)18-17(20(26)27)12-16(13-21-18)22-19(25)15-8-6-7-14(2)11-15/h6-8,11-13H,5,9-10H2,1-4H3,(H,22,25)(H,26,27). The third kappa shape index (κ3) is 5.52. The Labute approximate surface area is 159 Å². The van der Waals surface area contributed by atoms with Crippen LogP contribution in [0.4, 0.5) is 11.5 Å². The van der Waals surface area contributed by atoms with E-state index in [1.165, 1.54) is 12.3 Å². The molecule has 7 heteroatoms. The van der Waals surface area contributed by atoms with Crippen LogP contribution in [0.5, 0.6) is 0 Å². The monoisotopic (exact) mass is 370 g/mol. The second-order valence-electron chi connectivity index (χ2n) is 6.61. The SMILES string of the molecule is CCN(CCN(C)C)c1ncc(NC(=O)c2cccc(C)c2)cc1C(=O)O. The maximum absolute atomic E-state index is 12.4. The number of rotatable bonds is 8. The van der Waals surface area contributed by atoms with Gasteiger partial charge < -0.3 is 20.2 Å². The minimum atomic E-state index is -1.08. The van der Waals surface area contributed by atoms with Gasteiger partial charge in [-0.25, -0.2) is 9.78 Å². The normalized spacial score (nSPS) is 10.7. The molecule has 1 aromatic heterocycles. The van der Waals surface area contributed by atoms with Crippen LogP contribution in [-0.2, 0) is 0 Å². The molecule has 0 aliphatic heterocycles. The molecule has 0 saturated carbocycles. The summed E-state index contributed by atoms with van der Waals surface area (Å²) in [6, 6.07) is 8.65. The van der Waals surface area contributed by atoms with Gasteiger partial charge in [-0.05, 0) is 46.1 Å². The van der Waals surface area contributed by atoms with Gasteiger partial charge in [-0.3, -0.25) is 4.79 Å². The lowest BCUT2D eigenvalue weighted by Gasteiger charge is -2.25. The molecule has 1 amide bonds. The molecule has 2 aromatic rings. The molecule has 2 N–H and O–H groups in total. The summed E-state index contributed by atoms with van der Waals surface area (Å²) < 4.78 is 0. The number of likely N-dealkylation sites (N-methyl/N-ethyl adjacent to an activating group) is 2. The number of aryl methyl sites for hydroxylation is 1. The lowest BCUT2D eigenvalue weighted by molar-refractivity contribution is 0.0696. The minimum absolute atomic E-state index is 0.0673. The number of carboxylic acid groups (broad SMARTS) is 1. The third-order valence-corrected chi connectivity index (χ3v) is 4.13. The highest BCUT2D eigenvalue weighted by molar-refractivity contribution is 6.05. The Hall–Kier alpha value is -2.93. The maximum atomic E-state index is 12.4. The largest absolute Gasteiger partial charge is 0.478 e. The number of aromatic carboxylic acids is 1. The number of aromatic nitrogens is 1. The quantitative estimate of drug-likeness (QED) is 0.743. The summed E-state index contributed by atoms with van der Waals surface area (Å²) in [5.41, 5.74) is 1.91. The molecule has 1 heterocycles. The summed E-state index contributed by atoms with van der Waals surface area (Å²) in [4.78, 5) is 32.4. The minimum Gasteiger partial charge on any atom is -0.478 e. The van der Waals surface area contributed by atoms with Crippen molar-refractivity contribution in [3.63, 3.8) is 0 Å². The highest BCUT2D eigenvalue weighted by Gasteiger charge is 2.18. The van der Waals surface area contributed by atoms with Crippen LogP contribution in [0.1, 0.15) is 33.2 Å². The topological polar surface area (TPSA) is 85.8 Å². The van der Waals surface area contributed by atoms with E-state index in [4.69, 9.17) is 0 Å². The van der Waals surface area contributed by atoms with E-state index in [0.29, 0.717) is 30.2 Å². The van der Waals surface area contributed by atoms with Crippen molar-refractivity contribution in [2.24, 2.45) is 0 Å². The highest BCUT2D eigenvalue weighted by Crippen LogP contribution is 2.22. The molecule has 2 rings (SSSR count). The molecule has 27 heavy (non-hydrogen) atoms. The molecule has 0 radical (unpaired) electrons. The predicted octanol–water partition coefficient (Wildman–Crippen LogP) is 2.73. The van der Waals surface area contributed by atoms with Crippen LogP contribution in [0.2, 0.25) is 0 Å². The zero-order valence-electron chi connectivity index (χ0n) is 16.2. The number of anilines is 2. The zero-order chi connectivity index (χ0) is 20.0. The van der Waals surface area contributed by atoms with Crippen molar-refractivity contribution in [2.75, 3.05) is 43.9 Å². The van der Waals surface area contributed by atoms with Gasteiger partial charge in [-0.15, -0.1) is 0 Å². The van der Waals surface area contributed by atoms with Crippen LogP contribution in [0, 0.1) is 6.92 Å². The average molecular weight is 370 g/mol. The van der Waals surface area contributed by atoms with Gasteiger partial charge in [0.15, 0.2) is 0 Å². The summed E-state index contributed by atoms with van der Waals surface area (Å²) in [6.07, 6.45) is 1.49. The lowest BCUT2D eigenvalue weighted by atomic mass is 10.1. The number of hydrogen-bond donors (Lipinski definition) is 2. The first-order chi connectivity index (χ1) is 12.8. The van der Waals surface area contributed by atoms with E-state index >= 15 is 0 Å². The first-order valence-corrected chi connectivity index (χ1v) is 8.82. The van der Waals surface area contributed by atoms with E-state index in [1.807, 2.05) is 43.8 Å². The fourth-order valence-corrected chi connectivity index (χ4v) is 2.66. The van der Waals surface area contributed by atoms with Gasteiger partial charge in [0.05, 0.1) is 11.9 Å². The number of nitrogens with one attached hydrogen (secondary N) is 1. The van der Waals surface area contributed by atoms with Crippen molar-refractivity contribution < 1.29 is 14.7 Å². The molecule has 0 atom stereocenters. The van der Waals surface area contributed by atoms with Gasteiger partial charge in [0.2, 0.25) is 0 Å². The average Bonchev–Trinajstić information content (AvgIpc) is 2.62. The molecular weight excluding hydrogens is 344 g/mol. The molecule has 0 spiro atoms. The first kappa shape index (κ1) is 20.4. The predicted molar refractivity (Wildman–Crippen MR) is 107 cm³/mol. The Morgan fingerprint density at radius 2 is 1.93 bits per heavy atom. The van der Waals surface area contributed by atoms with Gasteiger partial charge in [-0.2, -0.15) is 0 Å². The molecule has 0 aliphatic carbocycles. The number of carboxylic acids is 1. The number of carbonyl (C=O) groups excluding carboxylic acids is 1.